The zero-order valence-corrected chi connectivity index (χ0v) is 13.9. The van der Waals surface area contributed by atoms with Crippen LogP contribution in [0.3, 0.4) is 0 Å². The van der Waals surface area contributed by atoms with E-state index >= 15 is 0 Å². The zero-order valence-electron chi connectivity index (χ0n) is 13.9. The number of hydrogen-bond donors (Lipinski definition) is 1. The van der Waals surface area contributed by atoms with Crippen LogP contribution in [0.1, 0.15) is 23.6 Å². The third kappa shape index (κ3) is 5.62. The molecule has 2 aromatic carbocycles. The average molecular weight is 309 g/mol. The van der Waals surface area contributed by atoms with E-state index in [0.717, 1.165) is 16.9 Å². The summed E-state index contributed by atoms with van der Waals surface area (Å²) in [6.07, 6.45) is 3.36. The van der Waals surface area contributed by atoms with E-state index in [-0.39, 0.29) is 11.9 Å². The molecular weight excluding hydrogens is 286 g/mol. The van der Waals surface area contributed by atoms with Crippen molar-refractivity contribution in [3.8, 4) is 5.75 Å². The molecule has 1 atom stereocenters. The average Bonchev–Trinajstić information content (AvgIpc) is 2.53. The molecule has 0 radical (unpaired) electrons. The molecule has 0 aliphatic heterocycles. The van der Waals surface area contributed by atoms with Crippen molar-refractivity contribution in [3.05, 3.63) is 71.3 Å². The van der Waals surface area contributed by atoms with E-state index in [1.54, 1.807) is 6.08 Å². The van der Waals surface area contributed by atoms with E-state index in [9.17, 15) is 4.79 Å². The van der Waals surface area contributed by atoms with Crippen LogP contribution in [0.2, 0.25) is 0 Å². The minimum atomic E-state index is -0.119. The van der Waals surface area contributed by atoms with Gasteiger partial charge in [-0.05, 0) is 44.0 Å². The third-order valence-electron chi connectivity index (χ3n) is 3.48. The minimum absolute atomic E-state index is 0.0650. The van der Waals surface area contributed by atoms with Crippen molar-refractivity contribution in [1.82, 2.24) is 5.32 Å². The van der Waals surface area contributed by atoms with Gasteiger partial charge in [0.15, 0.2) is 0 Å². The number of aryl methyl sites for hydroxylation is 2. The Kier molecular flexibility index (Phi) is 5.98. The topological polar surface area (TPSA) is 38.3 Å². The molecule has 1 N–H and O–H groups in total. The van der Waals surface area contributed by atoms with Crippen LogP contribution >= 0.6 is 0 Å². The van der Waals surface area contributed by atoms with Gasteiger partial charge in [-0.2, -0.15) is 0 Å². The maximum Gasteiger partial charge on any atom is 0.244 e. The quantitative estimate of drug-likeness (QED) is 0.822. The Hall–Kier alpha value is -2.55. The lowest BCUT2D eigenvalue weighted by molar-refractivity contribution is -0.117. The van der Waals surface area contributed by atoms with E-state index in [2.05, 4.69) is 5.32 Å². The molecule has 3 nitrogen and oxygen atoms in total. The molecule has 0 unspecified atom stereocenters. The smallest absolute Gasteiger partial charge is 0.244 e. The van der Waals surface area contributed by atoms with E-state index in [0.29, 0.717) is 6.61 Å². The summed E-state index contributed by atoms with van der Waals surface area (Å²) in [4.78, 5) is 11.9. The van der Waals surface area contributed by atoms with E-state index in [1.807, 2.05) is 75.4 Å². The summed E-state index contributed by atoms with van der Waals surface area (Å²) in [5.41, 5.74) is 3.30. The van der Waals surface area contributed by atoms with Gasteiger partial charge in [0.1, 0.15) is 12.4 Å². The maximum absolute atomic E-state index is 11.9. The first-order valence-corrected chi connectivity index (χ1v) is 7.78. The Balaban J connectivity index is 1.80. The van der Waals surface area contributed by atoms with Crippen molar-refractivity contribution in [1.29, 1.82) is 0 Å². The highest BCUT2D eigenvalue weighted by Crippen LogP contribution is 2.16. The summed E-state index contributed by atoms with van der Waals surface area (Å²) >= 11 is 0. The lowest BCUT2D eigenvalue weighted by Gasteiger charge is -2.15. The van der Waals surface area contributed by atoms with Crippen LogP contribution in [0, 0.1) is 13.8 Å². The number of carbonyl (C=O) groups excluding carboxylic acids is 1. The Labute approximate surface area is 138 Å². The van der Waals surface area contributed by atoms with Crippen molar-refractivity contribution in [2.45, 2.75) is 26.8 Å². The number of rotatable bonds is 6. The van der Waals surface area contributed by atoms with Crippen molar-refractivity contribution in [2.75, 3.05) is 6.61 Å². The molecule has 0 spiro atoms. The lowest BCUT2D eigenvalue weighted by atomic mass is 10.1. The van der Waals surface area contributed by atoms with E-state index in [4.69, 9.17) is 4.74 Å². The zero-order chi connectivity index (χ0) is 16.7. The molecule has 0 fully saturated rings. The molecule has 0 aliphatic carbocycles. The first-order chi connectivity index (χ1) is 11.0. The van der Waals surface area contributed by atoms with Gasteiger partial charge in [-0.1, -0.05) is 48.0 Å². The van der Waals surface area contributed by atoms with Gasteiger partial charge in [0.2, 0.25) is 5.91 Å². The molecule has 23 heavy (non-hydrogen) atoms. The molecule has 0 saturated heterocycles. The maximum atomic E-state index is 11.9. The summed E-state index contributed by atoms with van der Waals surface area (Å²) in [5, 5.41) is 2.90. The molecule has 2 aromatic rings. The SMILES string of the molecule is Cc1ccc(/C=C/C(=O)N[C@@H](C)COc2ccccc2C)cc1. The second-order valence-corrected chi connectivity index (χ2v) is 5.73. The second-order valence-electron chi connectivity index (χ2n) is 5.73. The first kappa shape index (κ1) is 16.8. The summed E-state index contributed by atoms with van der Waals surface area (Å²) in [5.74, 6) is 0.732. The van der Waals surface area contributed by atoms with Crippen LogP contribution in [0.15, 0.2) is 54.6 Å². The molecule has 3 heteroatoms. The fraction of sp³-hybridized carbons (Fsp3) is 0.250. The van der Waals surface area contributed by atoms with Crippen LogP contribution in [-0.4, -0.2) is 18.6 Å². The van der Waals surface area contributed by atoms with Crippen molar-refractivity contribution in [2.24, 2.45) is 0 Å². The molecule has 1 amide bonds. The normalized spacial score (nSPS) is 12.1. The summed E-state index contributed by atoms with van der Waals surface area (Å²) in [6, 6.07) is 15.8. The molecule has 0 saturated carbocycles. The Morgan fingerprint density at radius 1 is 1.13 bits per heavy atom. The van der Waals surface area contributed by atoms with Gasteiger partial charge >= 0.3 is 0 Å². The predicted molar refractivity (Wildman–Crippen MR) is 94.5 cm³/mol. The number of ether oxygens (including phenoxy) is 1. The van der Waals surface area contributed by atoms with Crippen LogP contribution in [0.25, 0.3) is 6.08 Å². The number of hydrogen-bond acceptors (Lipinski definition) is 2. The van der Waals surface area contributed by atoms with E-state index in [1.165, 1.54) is 5.56 Å². The van der Waals surface area contributed by atoms with E-state index < -0.39 is 0 Å². The van der Waals surface area contributed by atoms with Gasteiger partial charge in [0.05, 0.1) is 6.04 Å². The standard InChI is InChI=1S/C20H23NO2/c1-15-8-10-18(11-9-15)12-13-20(22)21-17(3)14-23-19-7-5-4-6-16(19)2/h4-13,17H,14H2,1-3H3,(H,21,22)/b13-12+/t17-/m0/s1. The van der Waals surface area contributed by atoms with Gasteiger partial charge in [0.25, 0.3) is 0 Å². The molecule has 0 aliphatic rings. The Morgan fingerprint density at radius 3 is 2.52 bits per heavy atom. The van der Waals surface area contributed by atoms with Crippen molar-refractivity contribution >= 4 is 12.0 Å². The van der Waals surface area contributed by atoms with Gasteiger partial charge in [-0.15, -0.1) is 0 Å². The molecule has 0 bridgehead atoms. The monoisotopic (exact) mass is 309 g/mol. The largest absolute Gasteiger partial charge is 0.491 e. The van der Waals surface area contributed by atoms with Crippen LogP contribution < -0.4 is 10.1 Å². The van der Waals surface area contributed by atoms with Gasteiger partial charge in [-0.3, -0.25) is 4.79 Å². The minimum Gasteiger partial charge on any atom is -0.491 e. The third-order valence-corrected chi connectivity index (χ3v) is 3.48. The molecule has 2 rings (SSSR count). The Morgan fingerprint density at radius 2 is 1.83 bits per heavy atom. The molecule has 120 valence electrons. The number of amides is 1. The highest BCUT2D eigenvalue weighted by atomic mass is 16.5. The highest BCUT2D eigenvalue weighted by molar-refractivity contribution is 5.91. The van der Waals surface area contributed by atoms with Crippen LogP contribution in [0.5, 0.6) is 5.75 Å². The number of nitrogens with one attached hydrogen (secondary N) is 1. The van der Waals surface area contributed by atoms with Crippen molar-refractivity contribution < 1.29 is 9.53 Å². The van der Waals surface area contributed by atoms with Gasteiger partial charge in [-0.25, -0.2) is 0 Å². The highest BCUT2D eigenvalue weighted by Gasteiger charge is 2.06. The molecule has 0 heterocycles. The lowest BCUT2D eigenvalue weighted by Crippen LogP contribution is -2.35. The van der Waals surface area contributed by atoms with Gasteiger partial charge < -0.3 is 10.1 Å². The second kappa shape index (κ2) is 8.18. The number of carbonyl (C=O) groups is 1. The van der Waals surface area contributed by atoms with Crippen LogP contribution in [-0.2, 0) is 4.79 Å². The predicted octanol–water partition coefficient (Wildman–Crippen LogP) is 3.90. The van der Waals surface area contributed by atoms with Gasteiger partial charge in [0, 0.05) is 6.08 Å². The molecule has 0 aromatic heterocycles. The summed E-state index contributed by atoms with van der Waals surface area (Å²) in [6.45, 7) is 6.41. The fourth-order valence-corrected chi connectivity index (χ4v) is 2.12. The number of para-hydroxylation sites is 1. The fourth-order valence-electron chi connectivity index (χ4n) is 2.12. The van der Waals surface area contributed by atoms with Crippen molar-refractivity contribution in [3.63, 3.8) is 0 Å². The van der Waals surface area contributed by atoms with Crippen LogP contribution in [0.4, 0.5) is 0 Å². The molecular formula is C20H23NO2. The first-order valence-electron chi connectivity index (χ1n) is 7.78. The Bertz CT molecular complexity index is 674. The summed E-state index contributed by atoms with van der Waals surface area (Å²) in [7, 11) is 0. The number of benzene rings is 2. The summed E-state index contributed by atoms with van der Waals surface area (Å²) < 4.78 is 5.74.